The largest absolute Gasteiger partial charge is 0.466 e. The fourth-order valence-electron chi connectivity index (χ4n) is 11.9. The molecule has 2 atom stereocenters. The Bertz CT molecular complexity index is 1210. The fourth-order valence-corrected chi connectivity index (χ4v) is 11.9. The van der Waals surface area contributed by atoms with E-state index in [2.05, 4.69) is 31.3 Å². The van der Waals surface area contributed by atoms with Crippen LogP contribution in [-0.2, 0) is 14.3 Å². The van der Waals surface area contributed by atoms with E-state index in [4.69, 9.17) is 4.74 Å². The zero-order valence-electron chi connectivity index (χ0n) is 54.6. The molecule has 6 nitrogen and oxygen atoms in total. The lowest BCUT2D eigenvalue weighted by Crippen LogP contribution is -2.45. The molecule has 0 aromatic carbocycles. The Balaban J connectivity index is 3.30. The van der Waals surface area contributed by atoms with Crippen molar-refractivity contribution in [3.05, 3.63) is 12.2 Å². The highest BCUT2D eigenvalue weighted by Gasteiger charge is 2.20. The fraction of sp³-hybridized carbons (Fsp3) is 0.946. The van der Waals surface area contributed by atoms with Crippen molar-refractivity contribution in [3.63, 3.8) is 0 Å². The summed E-state index contributed by atoms with van der Waals surface area (Å²) in [5.41, 5.74) is 0. The third kappa shape index (κ3) is 65.7. The number of rotatable bonds is 70. The van der Waals surface area contributed by atoms with Gasteiger partial charge in [-0.3, -0.25) is 9.59 Å². The summed E-state index contributed by atoms with van der Waals surface area (Å²) in [6.45, 7) is 4.99. The lowest BCUT2D eigenvalue weighted by molar-refractivity contribution is -0.143. The number of ether oxygens (including phenoxy) is 1. The Morgan fingerprint density at radius 3 is 0.887 bits per heavy atom. The van der Waals surface area contributed by atoms with Crippen LogP contribution in [0, 0.1) is 0 Å². The quantitative estimate of drug-likeness (QED) is 0.0320. The van der Waals surface area contributed by atoms with Gasteiger partial charge in [0.05, 0.1) is 25.4 Å². The third-order valence-electron chi connectivity index (χ3n) is 17.6. The summed E-state index contributed by atoms with van der Waals surface area (Å²) in [7, 11) is 0. The molecule has 0 heterocycles. The van der Waals surface area contributed by atoms with Crippen molar-refractivity contribution in [1.82, 2.24) is 5.32 Å². The number of allylic oxidation sites excluding steroid dienone is 2. The van der Waals surface area contributed by atoms with Crippen LogP contribution >= 0.6 is 0 Å². The van der Waals surface area contributed by atoms with E-state index in [0.29, 0.717) is 25.9 Å². The van der Waals surface area contributed by atoms with E-state index in [-0.39, 0.29) is 18.5 Å². The van der Waals surface area contributed by atoms with E-state index in [1.807, 2.05) is 0 Å². The molecule has 1 amide bonds. The molecule has 0 aliphatic rings. The number of esters is 1. The van der Waals surface area contributed by atoms with Gasteiger partial charge in [-0.2, -0.15) is 0 Å². The number of aliphatic hydroxyl groups is 2. The minimum Gasteiger partial charge on any atom is -0.466 e. The van der Waals surface area contributed by atoms with Crippen LogP contribution in [0.5, 0.6) is 0 Å². The maximum atomic E-state index is 12.5. The first-order valence-corrected chi connectivity index (χ1v) is 36.9. The number of unbranched alkanes of at least 4 members (excludes halogenated alkanes) is 57. The van der Waals surface area contributed by atoms with Crippen LogP contribution in [0.1, 0.15) is 425 Å². The highest BCUT2D eigenvalue weighted by Crippen LogP contribution is 2.20. The maximum Gasteiger partial charge on any atom is 0.305 e. The van der Waals surface area contributed by atoms with Gasteiger partial charge in [0.1, 0.15) is 0 Å². The number of carbonyl (C=O) groups is 2. The van der Waals surface area contributed by atoms with Crippen LogP contribution in [-0.4, -0.2) is 47.4 Å². The Kier molecular flexibility index (Phi) is 68.9. The topological polar surface area (TPSA) is 95.9 Å². The molecule has 2 unspecified atom stereocenters. The average Bonchev–Trinajstić information content (AvgIpc) is 3.46. The third-order valence-corrected chi connectivity index (χ3v) is 17.6. The molecule has 0 saturated heterocycles. The Hall–Kier alpha value is -1.40. The predicted molar refractivity (Wildman–Crippen MR) is 352 cm³/mol. The molecule has 0 aromatic rings. The van der Waals surface area contributed by atoms with Gasteiger partial charge in [0.2, 0.25) is 5.91 Å². The van der Waals surface area contributed by atoms with Gasteiger partial charge in [-0.15, -0.1) is 0 Å². The summed E-state index contributed by atoms with van der Waals surface area (Å²) in [6.07, 6.45) is 87.1. The van der Waals surface area contributed by atoms with Crippen molar-refractivity contribution < 1.29 is 24.5 Å². The second kappa shape index (κ2) is 70.1. The summed E-state index contributed by atoms with van der Waals surface area (Å²) >= 11 is 0. The zero-order chi connectivity index (χ0) is 57.8. The lowest BCUT2D eigenvalue weighted by atomic mass is 10.0. The van der Waals surface area contributed by atoms with Crippen LogP contribution < -0.4 is 5.32 Å². The number of carbonyl (C=O) groups excluding carboxylic acids is 2. The number of hydrogen-bond acceptors (Lipinski definition) is 5. The number of amides is 1. The highest BCUT2D eigenvalue weighted by molar-refractivity contribution is 5.76. The van der Waals surface area contributed by atoms with E-state index in [1.54, 1.807) is 0 Å². The molecular formula is C74H145NO5. The maximum absolute atomic E-state index is 12.5. The second-order valence-electron chi connectivity index (χ2n) is 25.6. The lowest BCUT2D eigenvalue weighted by Gasteiger charge is -2.22. The van der Waals surface area contributed by atoms with Crippen molar-refractivity contribution in [2.45, 2.75) is 437 Å². The molecule has 0 aromatic heterocycles. The van der Waals surface area contributed by atoms with Crippen molar-refractivity contribution in [3.8, 4) is 0 Å². The molecule has 80 heavy (non-hydrogen) atoms. The molecule has 0 bridgehead atoms. The van der Waals surface area contributed by atoms with Crippen molar-refractivity contribution in [1.29, 1.82) is 0 Å². The Morgan fingerprint density at radius 2 is 0.588 bits per heavy atom. The van der Waals surface area contributed by atoms with Crippen molar-refractivity contribution >= 4 is 11.9 Å². The highest BCUT2D eigenvalue weighted by atomic mass is 16.5. The minimum atomic E-state index is -0.660. The minimum absolute atomic E-state index is 0.0189. The van der Waals surface area contributed by atoms with Crippen LogP contribution in [0.15, 0.2) is 12.2 Å². The molecule has 3 N–H and O–H groups in total. The van der Waals surface area contributed by atoms with Crippen LogP contribution in [0.4, 0.5) is 0 Å². The van der Waals surface area contributed by atoms with E-state index >= 15 is 0 Å². The molecule has 0 aliphatic heterocycles. The van der Waals surface area contributed by atoms with Crippen LogP contribution in [0.3, 0.4) is 0 Å². The van der Waals surface area contributed by atoms with Crippen molar-refractivity contribution in [2.75, 3.05) is 13.2 Å². The van der Waals surface area contributed by atoms with E-state index in [0.717, 1.165) is 38.5 Å². The van der Waals surface area contributed by atoms with Gasteiger partial charge in [0.15, 0.2) is 0 Å². The summed E-state index contributed by atoms with van der Waals surface area (Å²) in [5, 5.41) is 23.3. The van der Waals surface area contributed by atoms with Crippen molar-refractivity contribution in [2.24, 2.45) is 0 Å². The molecule has 6 heteroatoms. The van der Waals surface area contributed by atoms with Gasteiger partial charge in [0, 0.05) is 12.8 Å². The van der Waals surface area contributed by atoms with Gasteiger partial charge >= 0.3 is 5.97 Å². The van der Waals surface area contributed by atoms with Crippen LogP contribution in [0.25, 0.3) is 0 Å². The summed E-state index contributed by atoms with van der Waals surface area (Å²) < 4.78 is 5.51. The van der Waals surface area contributed by atoms with Gasteiger partial charge in [-0.25, -0.2) is 0 Å². The molecule has 0 rings (SSSR count). The van der Waals surface area contributed by atoms with Crippen LogP contribution in [0.2, 0.25) is 0 Å². The molecule has 0 radical (unpaired) electrons. The molecule has 476 valence electrons. The SMILES string of the molecule is CCCCCCCC/C=C\CCCCCCCCCC(=O)OCCCCCCCCCCCCCCCCCCCCCCCCCCCCCCCCCCC(=O)NC(CO)C(O)CCCCCCCCCCCCCCCC. The second-order valence-corrected chi connectivity index (χ2v) is 25.6. The van der Waals surface area contributed by atoms with Gasteiger partial charge in [-0.1, -0.05) is 373 Å². The Labute approximate surface area is 501 Å². The van der Waals surface area contributed by atoms with E-state index < -0.39 is 12.1 Å². The first kappa shape index (κ1) is 78.6. The zero-order valence-corrected chi connectivity index (χ0v) is 54.6. The van der Waals surface area contributed by atoms with E-state index in [1.165, 1.54) is 353 Å². The monoisotopic (exact) mass is 1130 g/mol. The molecule has 0 fully saturated rings. The van der Waals surface area contributed by atoms with Gasteiger partial charge < -0.3 is 20.3 Å². The summed E-state index contributed by atoms with van der Waals surface area (Å²) in [5.74, 6) is -0.00842. The predicted octanol–water partition coefficient (Wildman–Crippen LogP) is 23.9. The van der Waals surface area contributed by atoms with E-state index in [9.17, 15) is 19.8 Å². The number of aliphatic hydroxyl groups excluding tert-OH is 2. The normalized spacial score (nSPS) is 12.5. The van der Waals surface area contributed by atoms with Gasteiger partial charge in [0.25, 0.3) is 0 Å². The first-order valence-electron chi connectivity index (χ1n) is 36.9. The standard InChI is InChI=1S/C74H145NO5/c1-3-5-7-9-11-13-15-17-19-36-40-44-48-52-56-60-64-68-74(79)80-69-65-61-57-53-49-45-41-38-35-33-31-29-27-25-23-21-20-22-24-26-28-30-32-34-37-39-43-47-51-55-59-63-67-73(78)75-71(70-76)72(77)66-62-58-54-50-46-42-18-16-14-12-10-8-6-4-2/h17,19,71-72,76-77H,3-16,18,20-70H2,1-2H3,(H,75,78)/b19-17-. The summed E-state index contributed by atoms with van der Waals surface area (Å²) in [6, 6.07) is -0.537. The molecule has 0 spiro atoms. The molecular weight excluding hydrogens is 983 g/mol. The first-order chi connectivity index (χ1) is 39.5. The van der Waals surface area contributed by atoms with Gasteiger partial charge in [-0.05, 0) is 51.4 Å². The molecule has 0 saturated carbocycles. The number of hydrogen-bond donors (Lipinski definition) is 3. The average molecular weight is 1130 g/mol. The summed E-state index contributed by atoms with van der Waals surface area (Å²) in [4.78, 5) is 24.6. The molecule has 0 aliphatic carbocycles. The smallest absolute Gasteiger partial charge is 0.305 e. The number of nitrogens with one attached hydrogen (secondary N) is 1. The Morgan fingerprint density at radius 1 is 0.338 bits per heavy atom.